The molecule has 0 aliphatic carbocycles. The summed E-state index contributed by atoms with van der Waals surface area (Å²) in [5, 5.41) is 0. The minimum Gasteiger partial charge on any atom is -0.493 e. The van der Waals surface area contributed by atoms with E-state index in [-0.39, 0.29) is 21.8 Å². The highest BCUT2D eigenvalue weighted by atomic mass is 35.7. The van der Waals surface area contributed by atoms with Crippen LogP contribution in [0.25, 0.3) is 0 Å². The average Bonchev–Trinajstić information content (AvgIpc) is 2.10. The number of methoxy groups -OCH3 is 1. The van der Waals surface area contributed by atoms with Crippen molar-refractivity contribution in [2.45, 2.75) is 18.7 Å². The summed E-state index contributed by atoms with van der Waals surface area (Å²) in [5.74, 6) is -0.659. The van der Waals surface area contributed by atoms with Gasteiger partial charge in [-0.05, 0) is 25.5 Å². The normalized spacial score (nSPS) is 11.5. The summed E-state index contributed by atoms with van der Waals surface area (Å²) in [7, 11) is 2.60. The molecule has 0 aliphatic rings. The Hall–Kier alpha value is -0.810. The quantitative estimate of drug-likeness (QED) is 0.759. The van der Waals surface area contributed by atoms with E-state index in [0.29, 0.717) is 0 Å². The van der Waals surface area contributed by atoms with E-state index in [1.165, 1.54) is 27.0 Å². The van der Waals surface area contributed by atoms with Crippen molar-refractivity contribution in [1.29, 1.82) is 0 Å². The van der Waals surface area contributed by atoms with Crippen molar-refractivity contribution in [2.24, 2.45) is 0 Å². The first-order valence-corrected chi connectivity index (χ1v) is 6.38. The molecule has 0 aliphatic heterocycles. The minimum atomic E-state index is -3.88. The fourth-order valence-electron chi connectivity index (χ4n) is 1.32. The molecule has 6 heteroatoms. The van der Waals surface area contributed by atoms with Gasteiger partial charge in [-0.15, -0.1) is 0 Å². The van der Waals surface area contributed by atoms with Crippen LogP contribution in [0.2, 0.25) is 0 Å². The van der Waals surface area contributed by atoms with Crippen LogP contribution in [0.1, 0.15) is 11.1 Å². The molecule has 0 spiro atoms. The van der Waals surface area contributed by atoms with Crippen molar-refractivity contribution < 1.29 is 17.5 Å². The number of halogens is 2. The van der Waals surface area contributed by atoms with Gasteiger partial charge >= 0.3 is 0 Å². The van der Waals surface area contributed by atoms with E-state index in [0.717, 1.165) is 0 Å². The zero-order chi connectivity index (χ0) is 11.8. The molecule has 0 saturated carbocycles. The van der Waals surface area contributed by atoms with Gasteiger partial charge in [0.15, 0.2) is 11.6 Å². The smallest absolute Gasteiger partial charge is 0.261 e. The Morgan fingerprint density at radius 2 is 1.93 bits per heavy atom. The Balaban J connectivity index is 3.66. The third-order valence-corrected chi connectivity index (χ3v) is 3.52. The summed E-state index contributed by atoms with van der Waals surface area (Å²) in [4.78, 5) is -0.125. The molecule has 0 amide bonds. The van der Waals surface area contributed by atoms with Gasteiger partial charge in [-0.3, -0.25) is 0 Å². The lowest BCUT2D eigenvalue weighted by Gasteiger charge is -2.11. The lowest BCUT2D eigenvalue weighted by molar-refractivity contribution is 0.380. The van der Waals surface area contributed by atoms with Gasteiger partial charge in [0.05, 0.1) is 12.0 Å². The molecule has 1 rings (SSSR count). The van der Waals surface area contributed by atoms with Gasteiger partial charge in [-0.25, -0.2) is 12.8 Å². The van der Waals surface area contributed by atoms with Crippen LogP contribution in [0.5, 0.6) is 5.75 Å². The van der Waals surface area contributed by atoms with Crippen LogP contribution in [-0.2, 0) is 9.05 Å². The second-order valence-corrected chi connectivity index (χ2v) is 5.64. The summed E-state index contributed by atoms with van der Waals surface area (Å²) >= 11 is 0. The fourth-order valence-corrected chi connectivity index (χ4v) is 2.58. The van der Waals surface area contributed by atoms with Crippen molar-refractivity contribution in [3.63, 3.8) is 0 Å². The molecule has 0 atom stereocenters. The highest BCUT2D eigenvalue weighted by molar-refractivity contribution is 8.13. The van der Waals surface area contributed by atoms with Crippen molar-refractivity contribution in [3.8, 4) is 5.75 Å². The van der Waals surface area contributed by atoms with Crippen molar-refractivity contribution in [3.05, 3.63) is 23.0 Å². The Labute approximate surface area is 92.2 Å². The molecule has 84 valence electrons. The van der Waals surface area contributed by atoms with Gasteiger partial charge < -0.3 is 4.74 Å². The van der Waals surface area contributed by atoms with Crippen LogP contribution >= 0.6 is 10.7 Å². The molecule has 0 bridgehead atoms. The van der Waals surface area contributed by atoms with Crippen LogP contribution in [0.4, 0.5) is 4.39 Å². The maximum Gasteiger partial charge on any atom is 0.261 e. The number of hydrogen-bond acceptors (Lipinski definition) is 3. The third kappa shape index (κ3) is 2.23. The van der Waals surface area contributed by atoms with E-state index < -0.39 is 14.9 Å². The first kappa shape index (κ1) is 12.3. The van der Waals surface area contributed by atoms with E-state index in [1.54, 1.807) is 0 Å². The van der Waals surface area contributed by atoms with Crippen LogP contribution in [0.3, 0.4) is 0 Å². The molecular formula is C9H10ClFO3S. The molecule has 0 heterocycles. The average molecular weight is 253 g/mol. The predicted molar refractivity (Wildman–Crippen MR) is 55.5 cm³/mol. The lowest BCUT2D eigenvalue weighted by Crippen LogP contribution is -2.02. The molecule has 0 unspecified atom stereocenters. The zero-order valence-electron chi connectivity index (χ0n) is 8.47. The second kappa shape index (κ2) is 3.98. The predicted octanol–water partition coefficient (Wildman–Crippen LogP) is 2.38. The standard InChI is InChI=1S/C9H10ClFO3S/c1-5-4-7(15(10,12)13)6(2)9(14-3)8(5)11/h4H,1-3H3. The first-order chi connectivity index (χ1) is 6.79. The summed E-state index contributed by atoms with van der Waals surface area (Å²) in [6.07, 6.45) is 0. The van der Waals surface area contributed by atoms with E-state index in [1.807, 2.05) is 0 Å². The molecule has 0 radical (unpaired) electrons. The number of hydrogen-bond donors (Lipinski definition) is 0. The van der Waals surface area contributed by atoms with Crippen molar-refractivity contribution in [1.82, 2.24) is 0 Å². The number of rotatable bonds is 2. The van der Waals surface area contributed by atoms with E-state index in [2.05, 4.69) is 0 Å². The lowest BCUT2D eigenvalue weighted by atomic mass is 10.1. The molecule has 15 heavy (non-hydrogen) atoms. The van der Waals surface area contributed by atoms with Gasteiger partial charge in [0.25, 0.3) is 9.05 Å². The van der Waals surface area contributed by atoms with Gasteiger partial charge in [0.2, 0.25) is 0 Å². The summed E-state index contributed by atoms with van der Waals surface area (Å²) in [6.45, 7) is 2.89. The SMILES string of the molecule is COc1c(C)c(S(=O)(=O)Cl)cc(C)c1F. The Morgan fingerprint density at radius 1 is 1.40 bits per heavy atom. The highest BCUT2D eigenvalue weighted by Crippen LogP contribution is 2.32. The second-order valence-electron chi connectivity index (χ2n) is 3.10. The molecule has 3 nitrogen and oxygen atoms in total. The van der Waals surface area contributed by atoms with Crippen molar-refractivity contribution >= 4 is 19.7 Å². The molecular weight excluding hydrogens is 243 g/mol. The molecule has 0 saturated heterocycles. The third-order valence-electron chi connectivity index (χ3n) is 2.07. The Bertz CT molecular complexity index is 497. The number of aryl methyl sites for hydroxylation is 1. The van der Waals surface area contributed by atoms with Crippen LogP contribution < -0.4 is 4.74 Å². The maximum absolute atomic E-state index is 13.5. The van der Waals surface area contributed by atoms with E-state index in [9.17, 15) is 12.8 Å². The molecule has 1 aromatic rings. The molecule has 0 aromatic heterocycles. The monoisotopic (exact) mass is 252 g/mol. The summed E-state index contributed by atoms with van der Waals surface area (Å²) in [5.41, 5.74) is 0.354. The number of benzene rings is 1. The van der Waals surface area contributed by atoms with Crippen LogP contribution in [0, 0.1) is 19.7 Å². The zero-order valence-corrected chi connectivity index (χ0v) is 10.0. The van der Waals surface area contributed by atoms with E-state index in [4.69, 9.17) is 15.4 Å². The van der Waals surface area contributed by atoms with E-state index >= 15 is 0 Å². The summed E-state index contributed by atoms with van der Waals surface area (Å²) < 4.78 is 40.6. The number of ether oxygens (including phenoxy) is 1. The van der Waals surface area contributed by atoms with Crippen LogP contribution in [0.15, 0.2) is 11.0 Å². The van der Waals surface area contributed by atoms with Gasteiger partial charge in [-0.1, -0.05) is 0 Å². The van der Waals surface area contributed by atoms with Gasteiger partial charge in [0.1, 0.15) is 0 Å². The van der Waals surface area contributed by atoms with Crippen molar-refractivity contribution in [2.75, 3.05) is 7.11 Å². The maximum atomic E-state index is 13.5. The topological polar surface area (TPSA) is 43.4 Å². The van der Waals surface area contributed by atoms with Gasteiger partial charge in [0, 0.05) is 16.2 Å². The van der Waals surface area contributed by atoms with Crippen LogP contribution in [-0.4, -0.2) is 15.5 Å². The van der Waals surface area contributed by atoms with Gasteiger partial charge in [-0.2, -0.15) is 0 Å². The summed E-state index contributed by atoms with van der Waals surface area (Å²) in [6, 6.07) is 1.19. The minimum absolute atomic E-state index is 0.0887. The molecule has 0 N–H and O–H groups in total. The molecule has 1 aromatic carbocycles. The Morgan fingerprint density at radius 3 is 2.33 bits per heavy atom. The first-order valence-electron chi connectivity index (χ1n) is 4.07. The largest absolute Gasteiger partial charge is 0.493 e. The highest BCUT2D eigenvalue weighted by Gasteiger charge is 2.21. The Kier molecular flexibility index (Phi) is 3.25. The molecule has 0 fully saturated rings. The fraction of sp³-hybridized carbons (Fsp3) is 0.333.